The molecule has 3 aromatic rings. The first-order valence-corrected chi connectivity index (χ1v) is 8.34. The van der Waals surface area contributed by atoms with Crippen LogP contribution in [0.4, 0.5) is 11.4 Å². The van der Waals surface area contributed by atoms with Crippen molar-refractivity contribution in [2.45, 2.75) is 0 Å². The van der Waals surface area contributed by atoms with E-state index in [2.05, 4.69) is 26.2 Å². The van der Waals surface area contributed by atoms with Gasteiger partial charge in [0.25, 0.3) is 5.91 Å². The van der Waals surface area contributed by atoms with E-state index in [4.69, 9.17) is 5.73 Å². The summed E-state index contributed by atoms with van der Waals surface area (Å²) in [5.74, 6) is -0.400. The molecule has 1 aliphatic carbocycles. The third-order valence-corrected chi connectivity index (χ3v) is 4.64. The monoisotopic (exact) mass is 393 g/mol. The Labute approximate surface area is 152 Å². The van der Waals surface area contributed by atoms with Crippen LogP contribution in [0.5, 0.6) is 0 Å². The Morgan fingerprint density at radius 2 is 1.92 bits per heavy atom. The number of nitrogen functional groups attached to an aromatic ring is 1. The first-order chi connectivity index (χ1) is 12.1. The summed E-state index contributed by atoms with van der Waals surface area (Å²) in [5, 5.41) is 2.79. The topological polar surface area (TPSA) is 85.1 Å². The second kappa shape index (κ2) is 5.82. The van der Waals surface area contributed by atoms with Crippen LogP contribution in [0.2, 0.25) is 0 Å². The summed E-state index contributed by atoms with van der Waals surface area (Å²) in [7, 11) is 0. The van der Waals surface area contributed by atoms with Gasteiger partial charge in [-0.2, -0.15) is 0 Å². The lowest BCUT2D eigenvalue weighted by Gasteiger charge is -2.11. The van der Waals surface area contributed by atoms with E-state index in [0.717, 1.165) is 10.0 Å². The first kappa shape index (κ1) is 15.5. The van der Waals surface area contributed by atoms with Gasteiger partial charge in [-0.05, 0) is 29.8 Å². The first-order valence-electron chi connectivity index (χ1n) is 7.55. The number of nitrogens with zero attached hydrogens (tertiary/aromatic N) is 1. The summed E-state index contributed by atoms with van der Waals surface area (Å²) in [6, 6.07) is 12.3. The average Bonchev–Trinajstić information content (AvgIpc) is 2.89. The van der Waals surface area contributed by atoms with Crippen LogP contribution in [0.3, 0.4) is 0 Å². The van der Waals surface area contributed by atoms with Crippen molar-refractivity contribution in [3.8, 4) is 11.1 Å². The molecule has 1 amide bonds. The Morgan fingerprint density at radius 1 is 1.08 bits per heavy atom. The van der Waals surface area contributed by atoms with E-state index in [9.17, 15) is 9.59 Å². The van der Waals surface area contributed by atoms with Crippen LogP contribution < -0.4 is 11.1 Å². The number of nitrogens with one attached hydrogen (secondary N) is 1. The highest BCUT2D eigenvalue weighted by Crippen LogP contribution is 2.40. The van der Waals surface area contributed by atoms with Crippen LogP contribution in [-0.2, 0) is 0 Å². The zero-order chi connectivity index (χ0) is 17.6. The van der Waals surface area contributed by atoms with Crippen molar-refractivity contribution in [1.29, 1.82) is 0 Å². The molecular formula is C19H12BrN3O2. The number of aromatic nitrogens is 1. The van der Waals surface area contributed by atoms with Gasteiger partial charge in [0.2, 0.25) is 0 Å². The summed E-state index contributed by atoms with van der Waals surface area (Å²) in [5.41, 5.74) is 9.67. The van der Waals surface area contributed by atoms with Crippen molar-refractivity contribution in [2.75, 3.05) is 11.1 Å². The molecule has 4 rings (SSSR count). The third kappa shape index (κ3) is 2.51. The van der Waals surface area contributed by atoms with Gasteiger partial charge in [-0.3, -0.25) is 14.6 Å². The second-order valence-corrected chi connectivity index (χ2v) is 6.58. The number of hydrogen-bond acceptors (Lipinski definition) is 4. The zero-order valence-electron chi connectivity index (χ0n) is 12.9. The third-order valence-electron chi connectivity index (χ3n) is 4.15. The lowest BCUT2D eigenvalue weighted by molar-refractivity contribution is 0.102. The highest BCUT2D eigenvalue weighted by Gasteiger charge is 2.30. The number of ketones is 1. The average molecular weight is 394 g/mol. The summed E-state index contributed by atoms with van der Waals surface area (Å²) in [4.78, 5) is 29.4. The summed E-state index contributed by atoms with van der Waals surface area (Å²) < 4.78 is 0.822. The number of pyridine rings is 1. The molecule has 0 aliphatic heterocycles. The van der Waals surface area contributed by atoms with Gasteiger partial charge in [0.05, 0.1) is 17.6 Å². The van der Waals surface area contributed by atoms with E-state index in [1.165, 1.54) is 6.20 Å². The second-order valence-electron chi connectivity index (χ2n) is 5.66. The SMILES string of the molecule is Nc1cnccc1NC(=O)c1cccc2c1-c1ccc(Br)cc1C2=O. The Hall–Kier alpha value is -2.99. The normalized spacial score (nSPS) is 11.8. The fourth-order valence-electron chi connectivity index (χ4n) is 3.00. The predicted molar refractivity (Wildman–Crippen MR) is 99.6 cm³/mol. The molecule has 1 aliphatic rings. The molecule has 0 unspecified atom stereocenters. The number of nitrogens with two attached hydrogens (primary N) is 1. The van der Waals surface area contributed by atoms with Crippen molar-refractivity contribution < 1.29 is 9.59 Å². The number of rotatable bonds is 2. The highest BCUT2D eigenvalue weighted by atomic mass is 79.9. The number of anilines is 2. The minimum absolute atomic E-state index is 0.0793. The van der Waals surface area contributed by atoms with Crippen molar-refractivity contribution in [1.82, 2.24) is 4.98 Å². The number of benzene rings is 2. The van der Waals surface area contributed by atoms with Crippen LogP contribution in [-0.4, -0.2) is 16.7 Å². The van der Waals surface area contributed by atoms with Gasteiger partial charge >= 0.3 is 0 Å². The molecular weight excluding hydrogens is 382 g/mol. The highest BCUT2D eigenvalue weighted by molar-refractivity contribution is 9.10. The lowest BCUT2D eigenvalue weighted by Crippen LogP contribution is -2.14. The Bertz CT molecular complexity index is 1050. The standard InChI is InChI=1S/C19H12BrN3O2/c20-10-4-5-11-14(8-10)18(24)12-2-1-3-13(17(11)12)19(25)23-16-6-7-22-9-15(16)21/h1-9H,21H2,(H,22,23,25). The smallest absolute Gasteiger partial charge is 0.256 e. The maximum atomic E-state index is 12.8. The molecule has 0 spiro atoms. The van der Waals surface area contributed by atoms with Crippen LogP contribution in [0.25, 0.3) is 11.1 Å². The number of amides is 1. The maximum absolute atomic E-state index is 12.8. The summed E-state index contributed by atoms with van der Waals surface area (Å²) in [6.07, 6.45) is 3.03. The molecule has 25 heavy (non-hydrogen) atoms. The van der Waals surface area contributed by atoms with Crippen LogP contribution in [0.15, 0.2) is 59.3 Å². The van der Waals surface area contributed by atoms with Gasteiger partial charge in [-0.15, -0.1) is 0 Å². The quantitative estimate of drug-likeness (QED) is 0.540. The van der Waals surface area contributed by atoms with E-state index in [1.807, 2.05) is 12.1 Å². The van der Waals surface area contributed by atoms with Gasteiger partial charge in [-0.25, -0.2) is 0 Å². The Morgan fingerprint density at radius 3 is 2.72 bits per heavy atom. The van der Waals surface area contributed by atoms with E-state index in [1.54, 1.807) is 36.5 Å². The van der Waals surface area contributed by atoms with E-state index < -0.39 is 0 Å². The molecule has 0 atom stereocenters. The molecule has 2 aromatic carbocycles. The molecule has 5 nitrogen and oxygen atoms in total. The molecule has 1 aromatic heterocycles. The summed E-state index contributed by atoms with van der Waals surface area (Å²) >= 11 is 3.39. The Kier molecular flexibility index (Phi) is 3.62. The minimum atomic E-state index is -0.321. The Balaban J connectivity index is 1.82. The molecule has 1 heterocycles. The van der Waals surface area contributed by atoms with Crippen LogP contribution >= 0.6 is 15.9 Å². The minimum Gasteiger partial charge on any atom is -0.396 e. The molecule has 122 valence electrons. The molecule has 0 radical (unpaired) electrons. The molecule has 6 heteroatoms. The van der Waals surface area contributed by atoms with Crippen molar-refractivity contribution in [2.24, 2.45) is 0 Å². The van der Waals surface area contributed by atoms with Crippen molar-refractivity contribution in [3.05, 3.63) is 76.0 Å². The van der Waals surface area contributed by atoms with Gasteiger partial charge in [0, 0.05) is 32.9 Å². The van der Waals surface area contributed by atoms with Crippen LogP contribution in [0, 0.1) is 0 Å². The van der Waals surface area contributed by atoms with Crippen molar-refractivity contribution in [3.63, 3.8) is 0 Å². The molecule has 3 N–H and O–H groups in total. The van der Waals surface area contributed by atoms with Gasteiger partial charge < -0.3 is 11.1 Å². The van der Waals surface area contributed by atoms with Gasteiger partial charge in [0.15, 0.2) is 5.78 Å². The number of hydrogen-bond donors (Lipinski definition) is 2. The van der Waals surface area contributed by atoms with Crippen molar-refractivity contribution >= 4 is 39.0 Å². The van der Waals surface area contributed by atoms with E-state index in [0.29, 0.717) is 33.6 Å². The molecule has 0 saturated heterocycles. The fraction of sp³-hybridized carbons (Fsp3) is 0. The lowest BCUT2D eigenvalue weighted by atomic mass is 9.99. The molecule has 0 bridgehead atoms. The zero-order valence-corrected chi connectivity index (χ0v) is 14.5. The maximum Gasteiger partial charge on any atom is 0.256 e. The van der Waals surface area contributed by atoms with Gasteiger partial charge in [-0.1, -0.05) is 34.1 Å². The molecule has 0 fully saturated rings. The van der Waals surface area contributed by atoms with Crippen LogP contribution in [0.1, 0.15) is 26.3 Å². The number of fused-ring (bicyclic) bond motifs is 3. The predicted octanol–water partition coefficient (Wildman–Crippen LogP) is 3.89. The van der Waals surface area contributed by atoms with E-state index >= 15 is 0 Å². The number of halogens is 1. The largest absolute Gasteiger partial charge is 0.396 e. The number of carbonyl (C=O) groups excluding carboxylic acids is 2. The van der Waals surface area contributed by atoms with Gasteiger partial charge in [0.1, 0.15) is 0 Å². The molecule has 0 saturated carbocycles. The fourth-order valence-corrected chi connectivity index (χ4v) is 3.36. The number of carbonyl (C=O) groups is 2. The van der Waals surface area contributed by atoms with E-state index in [-0.39, 0.29) is 11.7 Å². The summed E-state index contributed by atoms with van der Waals surface area (Å²) in [6.45, 7) is 0.